The van der Waals surface area contributed by atoms with Crippen molar-refractivity contribution in [3.8, 4) is 0 Å². The lowest BCUT2D eigenvalue weighted by atomic mass is 10.2. The SMILES string of the molecule is C=N/C(COC(C)=O)=C(COC(C)=O)\C(Cl)=C(/C)F. The first-order chi connectivity index (χ1) is 8.79. The second-order valence-electron chi connectivity index (χ2n) is 3.49. The molecule has 0 aromatic rings. The van der Waals surface area contributed by atoms with Gasteiger partial charge in [-0.1, -0.05) is 11.6 Å². The third-order valence-corrected chi connectivity index (χ3v) is 2.43. The summed E-state index contributed by atoms with van der Waals surface area (Å²) >= 11 is 5.78. The maximum atomic E-state index is 13.2. The van der Waals surface area contributed by atoms with Gasteiger partial charge < -0.3 is 9.47 Å². The van der Waals surface area contributed by atoms with Gasteiger partial charge in [0.15, 0.2) is 0 Å². The topological polar surface area (TPSA) is 65.0 Å². The minimum Gasteiger partial charge on any atom is -0.461 e. The van der Waals surface area contributed by atoms with Crippen LogP contribution >= 0.6 is 11.6 Å². The Balaban J connectivity index is 5.35. The molecule has 0 rings (SSSR count). The quantitative estimate of drug-likeness (QED) is 0.428. The van der Waals surface area contributed by atoms with Crippen LogP contribution in [0.2, 0.25) is 0 Å². The number of ether oxygens (including phenoxy) is 2. The van der Waals surface area contributed by atoms with E-state index in [2.05, 4.69) is 11.7 Å². The van der Waals surface area contributed by atoms with E-state index in [9.17, 15) is 14.0 Å². The molecule has 0 bridgehead atoms. The minimum absolute atomic E-state index is 0.105. The average molecular weight is 292 g/mol. The molecule has 0 saturated carbocycles. The molecule has 19 heavy (non-hydrogen) atoms. The van der Waals surface area contributed by atoms with Crippen LogP contribution in [0, 0.1) is 0 Å². The van der Waals surface area contributed by atoms with Gasteiger partial charge in [-0.05, 0) is 13.6 Å². The van der Waals surface area contributed by atoms with Crippen molar-refractivity contribution < 1.29 is 23.5 Å². The van der Waals surface area contributed by atoms with Gasteiger partial charge in [-0.3, -0.25) is 14.6 Å². The van der Waals surface area contributed by atoms with E-state index in [1.165, 1.54) is 13.8 Å². The van der Waals surface area contributed by atoms with Gasteiger partial charge in [-0.15, -0.1) is 0 Å². The van der Waals surface area contributed by atoms with Gasteiger partial charge in [0.1, 0.15) is 19.0 Å². The monoisotopic (exact) mass is 291 g/mol. The van der Waals surface area contributed by atoms with Crippen molar-refractivity contribution in [1.29, 1.82) is 0 Å². The molecule has 0 aliphatic heterocycles. The number of nitrogens with zero attached hydrogens (tertiary/aromatic N) is 1. The average Bonchev–Trinajstić information content (AvgIpc) is 2.31. The Morgan fingerprint density at radius 1 is 1.16 bits per heavy atom. The molecule has 0 unspecified atom stereocenters. The highest BCUT2D eigenvalue weighted by atomic mass is 35.5. The van der Waals surface area contributed by atoms with E-state index in [1.54, 1.807) is 0 Å². The summed E-state index contributed by atoms with van der Waals surface area (Å²) in [5.41, 5.74) is 0.228. The third kappa shape index (κ3) is 6.71. The lowest BCUT2D eigenvalue weighted by Gasteiger charge is -2.12. The van der Waals surface area contributed by atoms with E-state index in [0.717, 1.165) is 6.92 Å². The first-order valence-corrected chi connectivity index (χ1v) is 5.65. The smallest absolute Gasteiger partial charge is 0.303 e. The van der Waals surface area contributed by atoms with Gasteiger partial charge in [0.2, 0.25) is 0 Å². The van der Waals surface area contributed by atoms with Crippen LogP contribution in [0.4, 0.5) is 4.39 Å². The summed E-state index contributed by atoms with van der Waals surface area (Å²) in [5.74, 6) is -1.77. The lowest BCUT2D eigenvalue weighted by Crippen LogP contribution is -2.10. The molecule has 0 N–H and O–H groups in total. The number of allylic oxidation sites excluding steroid dienone is 1. The van der Waals surface area contributed by atoms with Crippen LogP contribution in [-0.4, -0.2) is 31.9 Å². The van der Waals surface area contributed by atoms with Crippen LogP contribution in [0.15, 0.2) is 27.1 Å². The molecule has 7 heteroatoms. The number of carbonyl (C=O) groups is 2. The standard InChI is InChI=1S/C12H15ClFNO4/c1-7(14)12(13)10(5-18-8(2)16)11(15-4)6-19-9(3)17/h4-6H2,1-3H3/b11-10-,12-7-. The van der Waals surface area contributed by atoms with Gasteiger partial charge in [-0.25, -0.2) is 4.39 Å². The molecule has 0 aliphatic rings. The summed E-state index contributed by atoms with van der Waals surface area (Å²) in [6.45, 7) is 6.31. The Kier molecular flexibility index (Phi) is 7.67. The molecule has 0 aromatic heterocycles. The van der Waals surface area contributed by atoms with Crippen LogP contribution in [0.25, 0.3) is 0 Å². The van der Waals surface area contributed by atoms with Crippen molar-refractivity contribution in [3.63, 3.8) is 0 Å². The third-order valence-electron chi connectivity index (χ3n) is 1.94. The molecular formula is C12H15ClFNO4. The summed E-state index contributed by atoms with van der Waals surface area (Å²) < 4.78 is 22.7. The van der Waals surface area contributed by atoms with Crippen molar-refractivity contribution in [3.05, 3.63) is 22.1 Å². The maximum absolute atomic E-state index is 13.2. The zero-order chi connectivity index (χ0) is 15.0. The maximum Gasteiger partial charge on any atom is 0.303 e. The zero-order valence-corrected chi connectivity index (χ0v) is 11.7. The van der Waals surface area contributed by atoms with E-state index < -0.39 is 17.8 Å². The van der Waals surface area contributed by atoms with Crippen molar-refractivity contribution in [1.82, 2.24) is 0 Å². The molecule has 5 nitrogen and oxygen atoms in total. The van der Waals surface area contributed by atoms with Crippen molar-refractivity contribution in [2.75, 3.05) is 13.2 Å². The minimum atomic E-state index is -0.673. The summed E-state index contributed by atoms with van der Waals surface area (Å²) in [7, 11) is 0. The molecular weight excluding hydrogens is 277 g/mol. The fourth-order valence-electron chi connectivity index (χ4n) is 1.05. The molecule has 0 aromatic carbocycles. The number of hydrogen-bond acceptors (Lipinski definition) is 5. The Morgan fingerprint density at radius 2 is 1.63 bits per heavy atom. The fourth-order valence-corrected chi connectivity index (χ4v) is 1.22. The Hall–Kier alpha value is -1.69. The Morgan fingerprint density at radius 3 is 2.00 bits per heavy atom. The van der Waals surface area contributed by atoms with Crippen LogP contribution in [0.5, 0.6) is 0 Å². The van der Waals surface area contributed by atoms with Crippen LogP contribution in [-0.2, 0) is 19.1 Å². The molecule has 0 fully saturated rings. The first kappa shape index (κ1) is 17.3. The van der Waals surface area contributed by atoms with E-state index in [1.807, 2.05) is 0 Å². The number of rotatable bonds is 6. The zero-order valence-electron chi connectivity index (χ0n) is 11.0. The molecule has 106 valence electrons. The summed E-state index contributed by atoms with van der Waals surface area (Å²) in [5, 5.41) is -0.254. The number of carbonyl (C=O) groups excluding carboxylic acids is 2. The number of halogens is 2. The molecule has 0 amide bonds. The van der Waals surface area contributed by atoms with Crippen LogP contribution in [0.1, 0.15) is 20.8 Å². The summed E-state index contributed by atoms with van der Waals surface area (Å²) in [6.07, 6.45) is 0. The molecule has 0 heterocycles. The number of hydrogen-bond donors (Lipinski definition) is 0. The van der Waals surface area contributed by atoms with E-state index in [4.69, 9.17) is 21.1 Å². The van der Waals surface area contributed by atoms with Gasteiger partial charge in [0.05, 0.1) is 10.7 Å². The predicted molar refractivity (Wildman–Crippen MR) is 69.5 cm³/mol. The Bertz CT molecular complexity index is 439. The largest absolute Gasteiger partial charge is 0.461 e. The molecule has 0 radical (unpaired) electrons. The number of esters is 2. The first-order valence-electron chi connectivity index (χ1n) is 5.27. The van der Waals surface area contributed by atoms with Gasteiger partial charge >= 0.3 is 11.9 Å². The normalized spacial score (nSPS) is 13.1. The van der Waals surface area contributed by atoms with E-state index in [0.29, 0.717) is 0 Å². The second kappa shape index (κ2) is 8.42. The molecule has 0 spiro atoms. The lowest BCUT2D eigenvalue weighted by molar-refractivity contribution is -0.141. The second-order valence-corrected chi connectivity index (χ2v) is 3.87. The van der Waals surface area contributed by atoms with Crippen molar-refractivity contribution >= 4 is 30.3 Å². The highest BCUT2D eigenvalue weighted by Gasteiger charge is 2.15. The molecule has 0 saturated heterocycles. The molecule has 0 atom stereocenters. The predicted octanol–water partition coefficient (Wildman–Crippen LogP) is 2.51. The highest BCUT2D eigenvalue weighted by molar-refractivity contribution is 6.32. The van der Waals surface area contributed by atoms with Gasteiger partial charge in [0, 0.05) is 19.4 Å². The van der Waals surface area contributed by atoms with E-state index in [-0.39, 0.29) is 29.5 Å². The molecule has 0 aliphatic carbocycles. The highest BCUT2D eigenvalue weighted by Crippen LogP contribution is 2.24. The van der Waals surface area contributed by atoms with Gasteiger partial charge in [-0.2, -0.15) is 0 Å². The fraction of sp³-hybridized carbons (Fsp3) is 0.417. The summed E-state index contributed by atoms with van der Waals surface area (Å²) in [6, 6.07) is 0. The van der Waals surface area contributed by atoms with Crippen molar-refractivity contribution in [2.45, 2.75) is 20.8 Å². The van der Waals surface area contributed by atoms with Crippen molar-refractivity contribution in [2.24, 2.45) is 4.99 Å². The van der Waals surface area contributed by atoms with Crippen LogP contribution in [0.3, 0.4) is 0 Å². The number of aliphatic imine (C=N–C) groups is 1. The Labute approximate surface area is 115 Å². The summed E-state index contributed by atoms with van der Waals surface area (Å²) in [4.78, 5) is 25.2. The van der Waals surface area contributed by atoms with Gasteiger partial charge in [0.25, 0.3) is 0 Å². The van der Waals surface area contributed by atoms with Crippen LogP contribution < -0.4 is 0 Å². The van der Waals surface area contributed by atoms with E-state index >= 15 is 0 Å².